The average Bonchev–Trinajstić information content (AvgIpc) is 3.94. The number of hydrogen-bond donors (Lipinski definition) is 0. The Bertz CT molecular complexity index is 2800. The second-order valence-electron chi connectivity index (χ2n) is 15.8. The van der Waals surface area contributed by atoms with Gasteiger partial charge in [0.1, 0.15) is 0 Å². The summed E-state index contributed by atoms with van der Waals surface area (Å²) in [6.07, 6.45) is 2.34. The van der Waals surface area contributed by atoms with Gasteiger partial charge in [0.15, 0.2) is 0 Å². The van der Waals surface area contributed by atoms with Crippen LogP contribution in [-0.4, -0.2) is 9.52 Å². The molecule has 0 heterocycles. The molecule has 2 radical (unpaired) electrons. The molecule has 0 aliphatic carbocycles. The molecule has 10 aromatic rings. The summed E-state index contributed by atoms with van der Waals surface area (Å²) in [6, 6.07) is 62.7. The Labute approximate surface area is 377 Å². The van der Waals surface area contributed by atoms with E-state index in [1.807, 2.05) is 0 Å². The number of rotatable bonds is 6. The predicted molar refractivity (Wildman–Crippen MR) is 267 cm³/mol. The molecule has 10 aromatic carbocycles. The maximum absolute atomic E-state index is 4.93. The van der Waals surface area contributed by atoms with Crippen LogP contribution in [0.15, 0.2) is 170 Å². The van der Waals surface area contributed by atoms with Crippen LogP contribution in [0.3, 0.4) is 0 Å². The minimum absolute atomic E-state index is 0.596. The van der Waals surface area contributed by atoms with Gasteiger partial charge in [-0.3, -0.25) is 0 Å². The third kappa shape index (κ3) is 9.15. The molecule has 60 heavy (non-hydrogen) atoms. The van der Waals surface area contributed by atoms with Gasteiger partial charge in [-0.1, -0.05) is 174 Å². The molecule has 0 bridgehead atoms. The molecule has 0 fully saturated rings. The van der Waals surface area contributed by atoms with Crippen molar-refractivity contribution in [3.63, 3.8) is 0 Å². The van der Waals surface area contributed by atoms with Gasteiger partial charge in [-0.15, -0.1) is 69.1 Å². The molecule has 0 spiro atoms. The van der Waals surface area contributed by atoms with E-state index in [2.05, 4.69) is 211 Å². The molecule has 0 saturated heterocycles. The van der Waals surface area contributed by atoms with Gasteiger partial charge < -0.3 is 0 Å². The quantitative estimate of drug-likeness (QED) is 0.0886. The molecule has 0 amide bonds. The molecule has 2 unspecified atom stereocenters. The van der Waals surface area contributed by atoms with Gasteiger partial charge in [0.2, 0.25) is 0 Å². The van der Waals surface area contributed by atoms with Gasteiger partial charge in [-0.25, -0.2) is 0 Å². The third-order valence-corrected chi connectivity index (χ3v) is 12.0. The molecule has 0 aliphatic heterocycles. The fourth-order valence-electron chi connectivity index (χ4n) is 8.58. The fraction of sp³-hybridized carbons (Fsp3) is 0.179. The van der Waals surface area contributed by atoms with Gasteiger partial charge in [0, 0.05) is 9.52 Å². The SMILES string of the molecule is CCC(C)c1cc2c(-c3cc4ccccc4c4ccccc34)cccc2[cH-]1.CCC(C)c1cc2c(-c3cc4ccccc4c4ccccc34)cccc2[cH-]1.C[Si]C.[Cl][Zr+2][Cl]. The normalized spacial score (nSPS) is 12.0. The molecule has 0 nitrogen and oxygen atoms in total. The van der Waals surface area contributed by atoms with E-state index >= 15 is 0 Å². The summed E-state index contributed by atoms with van der Waals surface area (Å²) in [4.78, 5) is 0. The Kier molecular flexibility index (Phi) is 15.0. The van der Waals surface area contributed by atoms with Crippen molar-refractivity contribution in [3.8, 4) is 22.3 Å². The van der Waals surface area contributed by atoms with Crippen molar-refractivity contribution in [1.82, 2.24) is 0 Å². The molecular formula is C56H52Cl2SiZr. The zero-order valence-electron chi connectivity index (χ0n) is 35.5. The monoisotopic (exact) mass is 912 g/mol. The van der Waals surface area contributed by atoms with Crippen LogP contribution in [0.25, 0.3) is 86.9 Å². The second-order valence-corrected chi connectivity index (χ2v) is 20.5. The van der Waals surface area contributed by atoms with Gasteiger partial charge in [-0.05, 0) is 78.2 Å². The van der Waals surface area contributed by atoms with Crippen molar-refractivity contribution >= 4 is 91.2 Å². The Morgan fingerprint density at radius 2 is 0.767 bits per heavy atom. The summed E-state index contributed by atoms with van der Waals surface area (Å²) in [6.45, 7) is 13.5. The van der Waals surface area contributed by atoms with Gasteiger partial charge in [0.05, 0.1) is 0 Å². The van der Waals surface area contributed by atoms with Crippen molar-refractivity contribution in [3.05, 3.63) is 181 Å². The first-order valence-electron chi connectivity index (χ1n) is 21.1. The van der Waals surface area contributed by atoms with Crippen molar-refractivity contribution in [1.29, 1.82) is 0 Å². The summed E-state index contributed by atoms with van der Waals surface area (Å²) >= 11 is -0.826. The topological polar surface area (TPSA) is 0 Å². The molecule has 0 N–H and O–H groups in total. The first-order valence-corrected chi connectivity index (χ1v) is 29.4. The Hall–Kier alpha value is -4.30. The van der Waals surface area contributed by atoms with Crippen LogP contribution in [0.4, 0.5) is 0 Å². The molecule has 0 saturated carbocycles. The van der Waals surface area contributed by atoms with Crippen LogP contribution in [0, 0.1) is 0 Å². The third-order valence-electron chi connectivity index (χ3n) is 12.0. The molecule has 0 aromatic heterocycles. The maximum atomic E-state index is 4.93. The molecule has 0 aliphatic rings. The van der Waals surface area contributed by atoms with E-state index in [0.29, 0.717) is 11.8 Å². The number of benzene rings is 8. The van der Waals surface area contributed by atoms with E-state index in [0.717, 1.165) is 9.52 Å². The number of fused-ring (bicyclic) bond motifs is 8. The standard InChI is InChI=1S/2C27H23.C2H6Si.2ClH.Zr/c2*1-3-18(2)21-15-19-10-8-14-25(26(19)17-21)27-16-20-9-4-5-11-22(20)23-12-6-7-13-24(23)27;1-3-2;;;/h2*4-18H,3H2,1-2H3;1-2H3;2*1H;/q2*-1;;;;+4/p-2. The zero-order valence-corrected chi connectivity index (χ0v) is 40.5. The van der Waals surface area contributed by atoms with E-state index in [4.69, 9.17) is 17.0 Å². The average molecular weight is 915 g/mol. The van der Waals surface area contributed by atoms with Gasteiger partial charge >= 0.3 is 37.9 Å². The van der Waals surface area contributed by atoms with Crippen LogP contribution in [0.1, 0.15) is 63.5 Å². The Morgan fingerprint density at radius 3 is 1.13 bits per heavy atom. The van der Waals surface area contributed by atoms with Crippen molar-refractivity contribution < 1.29 is 20.8 Å². The molecule has 298 valence electrons. The summed E-state index contributed by atoms with van der Waals surface area (Å²) in [7, 11) is 11.0. The van der Waals surface area contributed by atoms with E-state index in [1.54, 1.807) is 0 Å². The van der Waals surface area contributed by atoms with Crippen LogP contribution in [0.2, 0.25) is 13.1 Å². The van der Waals surface area contributed by atoms with Crippen LogP contribution < -0.4 is 0 Å². The van der Waals surface area contributed by atoms with E-state index in [1.165, 1.54) is 111 Å². The van der Waals surface area contributed by atoms with Gasteiger partial charge in [0.25, 0.3) is 0 Å². The van der Waals surface area contributed by atoms with Crippen molar-refractivity contribution in [2.45, 2.75) is 65.5 Å². The Morgan fingerprint density at radius 1 is 0.433 bits per heavy atom. The second kappa shape index (κ2) is 20.5. The van der Waals surface area contributed by atoms with E-state index in [-0.39, 0.29) is 0 Å². The zero-order chi connectivity index (χ0) is 42.2. The molecule has 2 atom stereocenters. The van der Waals surface area contributed by atoms with Crippen molar-refractivity contribution in [2.24, 2.45) is 0 Å². The fourth-order valence-corrected chi connectivity index (χ4v) is 8.58. The van der Waals surface area contributed by atoms with Crippen LogP contribution in [-0.2, 0) is 20.8 Å². The summed E-state index contributed by atoms with van der Waals surface area (Å²) in [5, 5.41) is 16.0. The molecule has 4 heteroatoms. The summed E-state index contributed by atoms with van der Waals surface area (Å²) in [5.41, 5.74) is 8.23. The Balaban J connectivity index is 0.000000161. The number of hydrogen-bond acceptors (Lipinski definition) is 0. The first-order chi connectivity index (χ1) is 29.3. The minimum atomic E-state index is -0.826. The number of halogens is 2. The van der Waals surface area contributed by atoms with Crippen molar-refractivity contribution in [2.75, 3.05) is 0 Å². The molecular weight excluding hydrogens is 863 g/mol. The van der Waals surface area contributed by atoms with E-state index in [9.17, 15) is 0 Å². The van der Waals surface area contributed by atoms with Crippen LogP contribution in [0.5, 0.6) is 0 Å². The summed E-state index contributed by atoms with van der Waals surface area (Å²) < 4.78 is 0. The van der Waals surface area contributed by atoms with Crippen LogP contribution >= 0.6 is 17.0 Å². The van der Waals surface area contributed by atoms with Gasteiger partial charge in [-0.2, -0.15) is 12.1 Å². The predicted octanol–water partition coefficient (Wildman–Crippen LogP) is 18.3. The first kappa shape index (κ1) is 43.8. The van der Waals surface area contributed by atoms with E-state index < -0.39 is 20.8 Å². The summed E-state index contributed by atoms with van der Waals surface area (Å²) in [5.74, 6) is 1.19. The molecule has 10 rings (SSSR count).